The van der Waals surface area contributed by atoms with E-state index in [-0.39, 0.29) is 30.8 Å². The topological polar surface area (TPSA) is 72.8 Å². The minimum absolute atomic E-state index is 0.0684. The van der Waals surface area contributed by atoms with Crippen molar-refractivity contribution in [1.82, 2.24) is 0 Å². The summed E-state index contributed by atoms with van der Waals surface area (Å²) < 4.78 is 23.7. The molecule has 0 fully saturated rings. The summed E-state index contributed by atoms with van der Waals surface area (Å²) in [4.78, 5) is 23.8. The number of rotatable bonds is 8. The molecule has 0 aliphatic rings. The van der Waals surface area contributed by atoms with Crippen LogP contribution in [0.3, 0.4) is 0 Å². The third-order valence-corrected chi connectivity index (χ3v) is 3.47. The molecule has 0 aliphatic heterocycles. The van der Waals surface area contributed by atoms with Crippen molar-refractivity contribution < 1.29 is 28.6 Å². The summed E-state index contributed by atoms with van der Waals surface area (Å²) in [6.45, 7) is 8.89. The van der Waals surface area contributed by atoms with Gasteiger partial charge in [0.15, 0.2) is 6.10 Å². The Hall–Kier alpha value is -2.21. The van der Waals surface area contributed by atoms with Crippen LogP contribution in [-0.2, 0) is 19.1 Å². The molecule has 132 valence electrons. The van der Waals surface area contributed by atoms with Gasteiger partial charge in [0.1, 0.15) is 5.82 Å². The minimum atomic E-state index is -1.70. The highest BCUT2D eigenvalue weighted by Gasteiger charge is 2.35. The zero-order valence-corrected chi connectivity index (χ0v) is 14.2. The van der Waals surface area contributed by atoms with Crippen molar-refractivity contribution >= 4 is 17.5 Å². The number of halogens is 1. The monoisotopic (exact) mass is 338 g/mol. The second-order valence-corrected chi connectivity index (χ2v) is 5.35. The second kappa shape index (κ2) is 9.17. The van der Waals surface area contributed by atoms with Gasteiger partial charge in [0.25, 0.3) is 0 Å². The van der Waals surface area contributed by atoms with E-state index in [0.29, 0.717) is 0 Å². The Labute approximate surface area is 141 Å². The first-order valence-corrected chi connectivity index (χ1v) is 7.77. The Kier molecular flexibility index (Phi) is 7.58. The number of aliphatic hydroxyl groups is 1. The van der Waals surface area contributed by atoms with Crippen LogP contribution in [0.1, 0.15) is 31.4 Å². The summed E-state index contributed by atoms with van der Waals surface area (Å²) in [5.41, 5.74) is 1.26. The fourth-order valence-corrected chi connectivity index (χ4v) is 2.25. The van der Waals surface area contributed by atoms with Crippen LogP contribution >= 0.6 is 0 Å². The quantitative estimate of drug-likeness (QED) is 0.738. The first-order chi connectivity index (χ1) is 11.3. The number of carbonyl (C=O) groups excluding carboxylic acids is 2. The molecule has 0 aromatic heterocycles. The molecule has 24 heavy (non-hydrogen) atoms. The molecule has 0 radical (unpaired) electrons. The molecule has 0 saturated heterocycles. The van der Waals surface area contributed by atoms with E-state index in [9.17, 15) is 19.1 Å². The standard InChI is InChI=1S/C18H23FO5/c1-5-23-17(21)14(16(20)18(22)24-6-2)10-12(4)13-8-7-11(3)9-15(13)19/h7-9,14,16,20H,4-6,10H2,1-3H3/t14?,16-/m1/s1. The number of benzene rings is 1. The molecule has 1 rings (SSSR count). The number of allylic oxidation sites excluding steroid dienone is 1. The Morgan fingerprint density at radius 1 is 1.21 bits per heavy atom. The number of aryl methyl sites for hydroxylation is 1. The highest BCUT2D eigenvalue weighted by atomic mass is 19.1. The van der Waals surface area contributed by atoms with Gasteiger partial charge in [-0.15, -0.1) is 0 Å². The summed E-state index contributed by atoms with van der Waals surface area (Å²) in [5, 5.41) is 10.1. The fourth-order valence-electron chi connectivity index (χ4n) is 2.25. The summed E-state index contributed by atoms with van der Waals surface area (Å²) >= 11 is 0. The first-order valence-electron chi connectivity index (χ1n) is 7.77. The Morgan fingerprint density at radius 3 is 2.33 bits per heavy atom. The van der Waals surface area contributed by atoms with E-state index < -0.39 is 29.8 Å². The summed E-state index contributed by atoms with van der Waals surface area (Å²) in [7, 11) is 0. The normalized spacial score (nSPS) is 13.0. The molecule has 0 bridgehead atoms. The molecular weight excluding hydrogens is 315 g/mol. The zero-order valence-electron chi connectivity index (χ0n) is 14.2. The lowest BCUT2D eigenvalue weighted by molar-refractivity contribution is -0.165. The van der Waals surface area contributed by atoms with Crippen LogP contribution in [-0.4, -0.2) is 36.4 Å². The number of hydrogen-bond donors (Lipinski definition) is 1. The van der Waals surface area contributed by atoms with Crippen LogP contribution in [0.25, 0.3) is 5.57 Å². The maximum absolute atomic E-state index is 14.0. The number of esters is 2. The highest BCUT2D eigenvalue weighted by molar-refractivity contribution is 5.85. The van der Waals surface area contributed by atoms with E-state index in [0.717, 1.165) is 5.56 Å². The summed E-state index contributed by atoms with van der Waals surface area (Å²) in [6, 6.07) is 4.61. The van der Waals surface area contributed by atoms with Crippen molar-refractivity contribution in [2.24, 2.45) is 5.92 Å². The van der Waals surface area contributed by atoms with Crippen LogP contribution in [0.5, 0.6) is 0 Å². The lowest BCUT2D eigenvalue weighted by Crippen LogP contribution is -2.37. The third kappa shape index (κ3) is 5.16. The number of aliphatic hydroxyl groups excluding tert-OH is 1. The van der Waals surface area contributed by atoms with Gasteiger partial charge in [-0.2, -0.15) is 0 Å². The Morgan fingerprint density at radius 2 is 1.79 bits per heavy atom. The molecule has 6 heteroatoms. The van der Waals surface area contributed by atoms with Gasteiger partial charge in [0, 0.05) is 5.56 Å². The maximum Gasteiger partial charge on any atom is 0.335 e. The molecule has 1 aromatic rings. The van der Waals surface area contributed by atoms with Crippen LogP contribution in [0.2, 0.25) is 0 Å². The Bertz CT molecular complexity index is 611. The molecule has 1 unspecified atom stereocenters. The third-order valence-electron chi connectivity index (χ3n) is 3.47. The molecule has 1 aromatic carbocycles. The van der Waals surface area contributed by atoms with Crippen molar-refractivity contribution in [3.8, 4) is 0 Å². The van der Waals surface area contributed by atoms with Crippen molar-refractivity contribution in [2.75, 3.05) is 13.2 Å². The predicted octanol–water partition coefficient (Wildman–Crippen LogP) is 2.64. The molecule has 5 nitrogen and oxygen atoms in total. The van der Waals surface area contributed by atoms with Crippen LogP contribution < -0.4 is 0 Å². The van der Waals surface area contributed by atoms with Gasteiger partial charge < -0.3 is 14.6 Å². The van der Waals surface area contributed by atoms with E-state index in [1.807, 2.05) is 0 Å². The number of hydrogen-bond acceptors (Lipinski definition) is 5. The molecular formula is C18H23FO5. The van der Waals surface area contributed by atoms with Gasteiger partial charge in [-0.25, -0.2) is 9.18 Å². The van der Waals surface area contributed by atoms with E-state index in [1.54, 1.807) is 32.9 Å². The SMILES string of the molecule is C=C(CC(C(=O)OCC)[C@@H](O)C(=O)OCC)c1ccc(C)cc1F. The van der Waals surface area contributed by atoms with Crippen molar-refractivity contribution in [3.63, 3.8) is 0 Å². The number of carbonyl (C=O) groups is 2. The Balaban J connectivity index is 3.00. The first kappa shape index (κ1) is 19.8. The van der Waals surface area contributed by atoms with Crippen LogP contribution in [0.4, 0.5) is 4.39 Å². The number of ether oxygens (including phenoxy) is 2. The molecule has 2 atom stereocenters. The van der Waals surface area contributed by atoms with Crippen LogP contribution in [0, 0.1) is 18.7 Å². The van der Waals surface area contributed by atoms with Gasteiger partial charge in [-0.3, -0.25) is 4.79 Å². The van der Waals surface area contributed by atoms with Gasteiger partial charge in [-0.05, 0) is 44.4 Å². The predicted molar refractivity (Wildman–Crippen MR) is 87.6 cm³/mol. The largest absolute Gasteiger partial charge is 0.466 e. The van der Waals surface area contributed by atoms with Crippen molar-refractivity contribution in [2.45, 2.75) is 33.3 Å². The van der Waals surface area contributed by atoms with Gasteiger partial charge in [-0.1, -0.05) is 18.7 Å². The smallest absolute Gasteiger partial charge is 0.335 e. The van der Waals surface area contributed by atoms with E-state index >= 15 is 0 Å². The van der Waals surface area contributed by atoms with Gasteiger partial charge in [0.2, 0.25) is 0 Å². The maximum atomic E-state index is 14.0. The molecule has 0 heterocycles. The molecule has 0 saturated carbocycles. The lowest BCUT2D eigenvalue weighted by atomic mass is 9.90. The van der Waals surface area contributed by atoms with Crippen LogP contribution in [0.15, 0.2) is 24.8 Å². The van der Waals surface area contributed by atoms with Crippen molar-refractivity contribution in [3.05, 3.63) is 41.7 Å². The second-order valence-electron chi connectivity index (χ2n) is 5.35. The van der Waals surface area contributed by atoms with E-state index in [2.05, 4.69) is 6.58 Å². The highest BCUT2D eigenvalue weighted by Crippen LogP contribution is 2.27. The average molecular weight is 338 g/mol. The van der Waals surface area contributed by atoms with E-state index in [4.69, 9.17) is 9.47 Å². The average Bonchev–Trinajstić information content (AvgIpc) is 2.52. The van der Waals surface area contributed by atoms with Gasteiger partial charge in [0.05, 0.1) is 19.1 Å². The fraction of sp³-hybridized carbons (Fsp3) is 0.444. The van der Waals surface area contributed by atoms with Crippen molar-refractivity contribution in [1.29, 1.82) is 0 Å². The molecule has 0 spiro atoms. The molecule has 0 aliphatic carbocycles. The molecule has 1 N–H and O–H groups in total. The summed E-state index contributed by atoms with van der Waals surface area (Å²) in [6.07, 6.45) is -1.83. The van der Waals surface area contributed by atoms with Gasteiger partial charge >= 0.3 is 11.9 Å². The minimum Gasteiger partial charge on any atom is -0.466 e. The summed E-state index contributed by atoms with van der Waals surface area (Å²) in [5.74, 6) is -3.37. The molecule has 0 amide bonds. The zero-order chi connectivity index (χ0) is 18.3. The van der Waals surface area contributed by atoms with E-state index in [1.165, 1.54) is 6.07 Å². The lowest BCUT2D eigenvalue weighted by Gasteiger charge is -2.21.